The van der Waals surface area contributed by atoms with Crippen molar-refractivity contribution >= 4 is 22.8 Å². The molecule has 13 heavy (non-hydrogen) atoms. The molecular formula is C9H14ClNO2. The normalized spacial score (nSPS) is 22.9. The average molecular weight is 204 g/mol. The third kappa shape index (κ3) is 2.69. The Morgan fingerprint density at radius 2 is 2.23 bits per heavy atom. The van der Waals surface area contributed by atoms with E-state index in [-0.39, 0.29) is 17.1 Å². The Hall–Kier alpha value is -0.570. The maximum absolute atomic E-state index is 11.3. The maximum Gasteiger partial charge on any atom is 0.226 e. The van der Waals surface area contributed by atoms with Gasteiger partial charge in [-0.05, 0) is 24.4 Å². The van der Waals surface area contributed by atoms with Crippen molar-refractivity contribution in [3.63, 3.8) is 0 Å². The number of amides is 1. The summed E-state index contributed by atoms with van der Waals surface area (Å²) in [6.45, 7) is 3.11. The monoisotopic (exact) mass is 203 g/mol. The Balaban J connectivity index is 2.51. The van der Waals surface area contributed by atoms with Crippen LogP contribution in [0.25, 0.3) is 0 Å². The van der Waals surface area contributed by atoms with Gasteiger partial charge < -0.3 is 4.90 Å². The summed E-state index contributed by atoms with van der Waals surface area (Å²) in [4.78, 5) is 23.9. The van der Waals surface area contributed by atoms with Crippen LogP contribution >= 0.6 is 11.6 Å². The fourth-order valence-electron chi connectivity index (χ4n) is 1.61. The Morgan fingerprint density at radius 3 is 2.77 bits per heavy atom. The third-order valence-corrected chi connectivity index (χ3v) is 2.71. The Bertz CT molecular complexity index is 218. The molecule has 4 heteroatoms. The van der Waals surface area contributed by atoms with E-state index in [0.717, 1.165) is 19.4 Å². The van der Waals surface area contributed by atoms with Gasteiger partial charge in [0.1, 0.15) is 0 Å². The first kappa shape index (κ1) is 10.5. The van der Waals surface area contributed by atoms with E-state index in [1.807, 2.05) is 6.92 Å². The van der Waals surface area contributed by atoms with Gasteiger partial charge >= 0.3 is 0 Å². The number of halogens is 1. The lowest BCUT2D eigenvalue weighted by Gasteiger charge is -2.30. The molecule has 0 bridgehead atoms. The fourth-order valence-corrected chi connectivity index (χ4v) is 1.79. The van der Waals surface area contributed by atoms with Crippen molar-refractivity contribution in [3.8, 4) is 0 Å². The maximum atomic E-state index is 11.3. The fraction of sp³-hybridized carbons (Fsp3) is 0.778. The number of hydrogen-bond donors (Lipinski definition) is 0. The molecule has 1 heterocycles. The molecule has 0 saturated carbocycles. The highest BCUT2D eigenvalue weighted by Gasteiger charge is 2.26. The molecule has 1 aliphatic heterocycles. The van der Waals surface area contributed by atoms with Gasteiger partial charge in [0.25, 0.3) is 0 Å². The van der Waals surface area contributed by atoms with Crippen molar-refractivity contribution in [2.24, 2.45) is 5.92 Å². The molecule has 0 spiro atoms. The molecule has 1 unspecified atom stereocenters. The number of carbonyl (C=O) groups is 2. The summed E-state index contributed by atoms with van der Waals surface area (Å²) in [5, 5.41) is -0.311. The zero-order valence-electron chi connectivity index (χ0n) is 7.75. The van der Waals surface area contributed by atoms with E-state index in [4.69, 9.17) is 11.6 Å². The summed E-state index contributed by atoms with van der Waals surface area (Å²) < 4.78 is 0. The van der Waals surface area contributed by atoms with Crippen LogP contribution in [0.4, 0.5) is 0 Å². The molecule has 0 aromatic rings. The molecule has 3 nitrogen and oxygen atoms in total. The van der Waals surface area contributed by atoms with Crippen LogP contribution in [0.3, 0.4) is 0 Å². The number of likely N-dealkylation sites (tertiary alicyclic amines) is 1. The predicted molar refractivity (Wildman–Crippen MR) is 50.5 cm³/mol. The second-order valence-electron chi connectivity index (χ2n) is 3.34. The first-order chi connectivity index (χ1) is 6.15. The largest absolute Gasteiger partial charge is 0.342 e. The lowest BCUT2D eigenvalue weighted by molar-refractivity contribution is -0.133. The minimum atomic E-state index is -0.311. The SMILES string of the molecule is CCC(=O)N1CCCC(C(=O)Cl)C1. The van der Waals surface area contributed by atoms with Crippen molar-refractivity contribution in [1.82, 2.24) is 4.90 Å². The van der Waals surface area contributed by atoms with Gasteiger partial charge in [-0.1, -0.05) is 6.92 Å². The number of carbonyl (C=O) groups excluding carboxylic acids is 2. The summed E-state index contributed by atoms with van der Waals surface area (Å²) in [5.74, 6) is -0.0338. The standard InChI is InChI=1S/C9H14ClNO2/c1-2-8(12)11-5-3-4-7(6-11)9(10)13/h7H,2-6H2,1H3. The van der Waals surface area contributed by atoms with Crippen LogP contribution in [0, 0.1) is 5.92 Å². The van der Waals surface area contributed by atoms with Gasteiger partial charge in [0.15, 0.2) is 0 Å². The van der Waals surface area contributed by atoms with Crippen LogP contribution in [0.15, 0.2) is 0 Å². The zero-order valence-corrected chi connectivity index (χ0v) is 8.51. The van der Waals surface area contributed by atoms with Crippen molar-refractivity contribution < 1.29 is 9.59 Å². The summed E-state index contributed by atoms with van der Waals surface area (Å²) in [6.07, 6.45) is 2.20. The van der Waals surface area contributed by atoms with Gasteiger partial charge in [0.05, 0.1) is 5.92 Å². The highest BCUT2D eigenvalue weighted by Crippen LogP contribution is 2.19. The summed E-state index contributed by atoms with van der Waals surface area (Å²) in [7, 11) is 0. The number of rotatable bonds is 2. The van der Waals surface area contributed by atoms with Crippen molar-refractivity contribution in [2.75, 3.05) is 13.1 Å². The second-order valence-corrected chi connectivity index (χ2v) is 3.71. The van der Waals surface area contributed by atoms with Crippen molar-refractivity contribution in [2.45, 2.75) is 26.2 Å². The predicted octanol–water partition coefficient (Wildman–Crippen LogP) is 1.40. The van der Waals surface area contributed by atoms with Gasteiger partial charge in [-0.25, -0.2) is 0 Å². The highest BCUT2D eigenvalue weighted by molar-refractivity contribution is 6.64. The van der Waals surface area contributed by atoms with E-state index < -0.39 is 0 Å². The van der Waals surface area contributed by atoms with E-state index in [1.54, 1.807) is 4.90 Å². The van der Waals surface area contributed by atoms with Crippen LogP contribution in [0.2, 0.25) is 0 Å². The van der Waals surface area contributed by atoms with Crippen molar-refractivity contribution in [1.29, 1.82) is 0 Å². The lowest BCUT2D eigenvalue weighted by Crippen LogP contribution is -2.41. The molecule has 0 N–H and O–H groups in total. The van der Waals surface area contributed by atoms with E-state index >= 15 is 0 Å². The van der Waals surface area contributed by atoms with Crippen LogP contribution in [0.5, 0.6) is 0 Å². The van der Waals surface area contributed by atoms with Crippen LogP contribution < -0.4 is 0 Å². The molecular weight excluding hydrogens is 190 g/mol. The quantitative estimate of drug-likeness (QED) is 0.637. The molecule has 0 aromatic heterocycles. The molecule has 1 fully saturated rings. The van der Waals surface area contributed by atoms with Crippen LogP contribution in [-0.2, 0) is 9.59 Å². The minimum absolute atomic E-state index is 0.114. The van der Waals surface area contributed by atoms with Gasteiger partial charge in [-0.15, -0.1) is 0 Å². The van der Waals surface area contributed by atoms with Crippen molar-refractivity contribution in [3.05, 3.63) is 0 Å². The van der Waals surface area contributed by atoms with E-state index in [9.17, 15) is 9.59 Å². The van der Waals surface area contributed by atoms with E-state index in [2.05, 4.69) is 0 Å². The van der Waals surface area contributed by atoms with Gasteiger partial charge in [0, 0.05) is 19.5 Å². The second kappa shape index (κ2) is 4.61. The average Bonchev–Trinajstić information content (AvgIpc) is 2.17. The molecule has 0 aliphatic carbocycles. The summed E-state index contributed by atoms with van der Waals surface area (Å²) >= 11 is 5.39. The Labute approximate surface area is 83.0 Å². The van der Waals surface area contributed by atoms with Crippen LogP contribution in [-0.4, -0.2) is 29.1 Å². The lowest BCUT2D eigenvalue weighted by atomic mass is 9.99. The molecule has 1 aliphatic rings. The smallest absolute Gasteiger partial charge is 0.226 e. The Kier molecular flexibility index (Phi) is 3.72. The van der Waals surface area contributed by atoms with E-state index in [1.165, 1.54) is 0 Å². The minimum Gasteiger partial charge on any atom is -0.342 e. The topological polar surface area (TPSA) is 37.4 Å². The zero-order chi connectivity index (χ0) is 9.84. The molecule has 1 atom stereocenters. The number of nitrogens with zero attached hydrogens (tertiary/aromatic N) is 1. The molecule has 0 radical (unpaired) electrons. The van der Waals surface area contributed by atoms with E-state index in [0.29, 0.717) is 13.0 Å². The molecule has 74 valence electrons. The first-order valence-electron chi connectivity index (χ1n) is 4.62. The van der Waals surface area contributed by atoms with Crippen LogP contribution in [0.1, 0.15) is 26.2 Å². The molecule has 1 rings (SSSR count). The number of piperidine rings is 1. The third-order valence-electron chi connectivity index (χ3n) is 2.40. The highest BCUT2D eigenvalue weighted by atomic mass is 35.5. The van der Waals surface area contributed by atoms with Gasteiger partial charge in [-0.2, -0.15) is 0 Å². The first-order valence-corrected chi connectivity index (χ1v) is 5.00. The number of hydrogen-bond acceptors (Lipinski definition) is 2. The Morgan fingerprint density at radius 1 is 1.54 bits per heavy atom. The van der Waals surface area contributed by atoms with Gasteiger partial charge in [-0.3, -0.25) is 9.59 Å². The molecule has 0 aromatic carbocycles. The molecule has 1 amide bonds. The molecule has 1 saturated heterocycles. The summed E-state index contributed by atoms with van der Waals surface area (Å²) in [6, 6.07) is 0. The van der Waals surface area contributed by atoms with Gasteiger partial charge in [0.2, 0.25) is 11.1 Å². The summed E-state index contributed by atoms with van der Waals surface area (Å²) in [5.41, 5.74) is 0.